The van der Waals surface area contributed by atoms with E-state index in [1.807, 2.05) is 33.8 Å². The van der Waals surface area contributed by atoms with Crippen molar-refractivity contribution in [2.24, 2.45) is 0 Å². The van der Waals surface area contributed by atoms with Crippen LogP contribution in [0.25, 0.3) is 0 Å². The van der Waals surface area contributed by atoms with Crippen LogP contribution in [0.1, 0.15) is 34.6 Å². The summed E-state index contributed by atoms with van der Waals surface area (Å²) < 4.78 is 0. The summed E-state index contributed by atoms with van der Waals surface area (Å²) in [5.41, 5.74) is 0. The SMILES string of the molecule is C/C=C\S/C(C)=C/C.CC. The molecule has 0 rings (SSSR count). The van der Waals surface area contributed by atoms with Gasteiger partial charge in [0.1, 0.15) is 0 Å². The van der Waals surface area contributed by atoms with Gasteiger partial charge in [0.05, 0.1) is 0 Å². The Morgan fingerprint density at radius 3 is 2.00 bits per heavy atom. The fraction of sp³-hybridized carbons (Fsp3) is 0.556. The van der Waals surface area contributed by atoms with Gasteiger partial charge in [-0.15, -0.1) is 11.8 Å². The number of rotatable bonds is 2. The average molecular weight is 158 g/mol. The summed E-state index contributed by atoms with van der Waals surface area (Å²) in [6.07, 6.45) is 4.14. The minimum Gasteiger partial charge on any atom is -0.104 e. The Kier molecular flexibility index (Phi) is 14.5. The van der Waals surface area contributed by atoms with Gasteiger partial charge < -0.3 is 0 Å². The van der Waals surface area contributed by atoms with E-state index in [9.17, 15) is 0 Å². The smallest absolute Gasteiger partial charge is 0.0182 e. The van der Waals surface area contributed by atoms with Crippen LogP contribution in [0, 0.1) is 0 Å². The van der Waals surface area contributed by atoms with Crippen molar-refractivity contribution >= 4 is 11.8 Å². The molecule has 0 radical (unpaired) electrons. The molecule has 0 saturated heterocycles. The summed E-state index contributed by atoms with van der Waals surface area (Å²) in [6, 6.07) is 0. The Hall–Kier alpha value is -0.170. The van der Waals surface area contributed by atoms with Crippen molar-refractivity contribution in [2.45, 2.75) is 34.6 Å². The van der Waals surface area contributed by atoms with Crippen LogP contribution in [0.4, 0.5) is 0 Å². The largest absolute Gasteiger partial charge is 0.104 e. The lowest BCUT2D eigenvalue weighted by atomic mass is 10.6. The van der Waals surface area contributed by atoms with Crippen LogP contribution in [-0.4, -0.2) is 0 Å². The molecule has 0 amide bonds. The molecule has 0 aliphatic carbocycles. The third-order valence-electron chi connectivity index (χ3n) is 0.797. The molecule has 0 nitrogen and oxygen atoms in total. The molecule has 0 atom stereocenters. The second-order valence-electron chi connectivity index (χ2n) is 1.49. The van der Waals surface area contributed by atoms with E-state index in [2.05, 4.69) is 18.4 Å². The molecule has 1 heteroatoms. The fourth-order valence-electron chi connectivity index (χ4n) is 0.243. The molecule has 0 heterocycles. The third-order valence-corrected chi connectivity index (χ3v) is 1.81. The van der Waals surface area contributed by atoms with Crippen molar-refractivity contribution in [2.75, 3.05) is 0 Å². The summed E-state index contributed by atoms with van der Waals surface area (Å²) in [6.45, 7) is 10.2. The Bertz CT molecular complexity index is 101. The molecule has 60 valence electrons. The maximum absolute atomic E-state index is 2.10. The van der Waals surface area contributed by atoms with Crippen molar-refractivity contribution in [1.29, 1.82) is 0 Å². The zero-order valence-electron chi connectivity index (χ0n) is 7.64. The topological polar surface area (TPSA) is 0 Å². The van der Waals surface area contributed by atoms with Crippen LogP contribution in [0.5, 0.6) is 0 Å². The first kappa shape index (κ1) is 12.5. The highest BCUT2D eigenvalue weighted by molar-refractivity contribution is 8.05. The van der Waals surface area contributed by atoms with E-state index in [4.69, 9.17) is 0 Å². The van der Waals surface area contributed by atoms with E-state index in [0.717, 1.165) is 0 Å². The van der Waals surface area contributed by atoms with Crippen LogP contribution >= 0.6 is 11.8 Å². The highest BCUT2D eigenvalue weighted by Gasteiger charge is 1.78. The highest BCUT2D eigenvalue weighted by Crippen LogP contribution is 2.14. The molecule has 0 aromatic rings. The van der Waals surface area contributed by atoms with Crippen LogP contribution in [-0.2, 0) is 0 Å². The van der Waals surface area contributed by atoms with Gasteiger partial charge in [0.15, 0.2) is 0 Å². The first-order valence-electron chi connectivity index (χ1n) is 3.72. The Labute approximate surface area is 69.4 Å². The molecule has 0 aliphatic rings. The van der Waals surface area contributed by atoms with Crippen LogP contribution in [0.2, 0.25) is 0 Å². The van der Waals surface area contributed by atoms with E-state index in [1.165, 1.54) is 4.91 Å². The second-order valence-corrected chi connectivity index (χ2v) is 2.64. The number of hydrogen-bond acceptors (Lipinski definition) is 1. The zero-order chi connectivity index (χ0) is 8.41. The molecule has 0 aromatic heterocycles. The summed E-state index contributed by atoms with van der Waals surface area (Å²) >= 11 is 1.76. The highest BCUT2D eigenvalue weighted by atomic mass is 32.2. The van der Waals surface area contributed by atoms with E-state index in [0.29, 0.717) is 0 Å². The quantitative estimate of drug-likeness (QED) is 0.580. The zero-order valence-corrected chi connectivity index (χ0v) is 8.46. The molecular formula is C9H18S. The van der Waals surface area contributed by atoms with E-state index in [1.54, 1.807) is 11.8 Å². The summed E-state index contributed by atoms with van der Waals surface area (Å²) in [5.74, 6) is 0. The Balaban J connectivity index is 0. The number of allylic oxidation sites excluding steroid dienone is 3. The molecule has 0 spiro atoms. The average Bonchev–Trinajstić information content (AvgIpc) is 2.04. The molecule has 0 aliphatic heterocycles. The van der Waals surface area contributed by atoms with Crippen LogP contribution in [0.15, 0.2) is 22.5 Å². The molecule has 0 N–H and O–H groups in total. The number of thioether (sulfide) groups is 1. The summed E-state index contributed by atoms with van der Waals surface area (Å²) in [7, 11) is 0. The lowest BCUT2D eigenvalue weighted by molar-refractivity contribution is 1.50. The van der Waals surface area contributed by atoms with Gasteiger partial charge in [0.2, 0.25) is 0 Å². The van der Waals surface area contributed by atoms with Gasteiger partial charge in [-0.1, -0.05) is 26.0 Å². The molecule has 0 bridgehead atoms. The fourth-order valence-corrected chi connectivity index (χ4v) is 0.730. The van der Waals surface area contributed by atoms with Gasteiger partial charge in [-0.3, -0.25) is 0 Å². The Morgan fingerprint density at radius 2 is 1.70 bits per heavy atom. The van der Waals surface area contributed by atoms with Crippen molar-refractivity contribution in [1.82, 2.24) is 0 Å². The van der Waals surface area contributed by atoms with E-state index >= 15 is 0 Å². The van der Waals surface area contributed by atoms with Gasteiger partial charge in [-0.05, 0) is 31.1 Å². The van der Waals surface area contributed by atoms with E-state index < -0.39 is 0 Å². The van der Waals surface area contributed by atoms with Gasteiger partial charge in [0.25, 0.3) is 0 Å². The van der Waals surface area contributed by atoms with E-state index in [-0.39, 0.29) is 0 Å². The molecule has 10 heavy (non-hydrogen) atoms. The molecule has 0 unspecified atom stereocenters. The third kappa shape index (κ3) is 10.7. The van der Waals surface area contributed by atoms with Gasteiger partial charge in [-0.2, -0.15) is 0 Å². The summed E-state index contributed by atoms with van der Waals surface area (Å²) in [4.78, 5) is 1.35. The monoisotopic (exact) mass is 158 g/mol. The lowest BCUT2D eigenvalue weighted by Crippen LogP contribution is -1.57. The standard InChI is InChI=1S/C7H12S.C2H6/c1-4-6-8-7(3)5-2;1-2/h4-6H,1-3H3;1-2H3/b6-4-,7-5+;. The molecular weight excluding hydrogens is 140 g/mol. The van der Waals surface area contributed by atoms with Crippen LogP contribution < -0.4 is 0 Å². The minimum absolute atomic E-state index is 1.35. The second kappa shape index (κ2) is 11.6. The van der Waals surface area contributed by atoms with Gasteiger partial charge in [0, 0.05) is 0 Å². The number of hydrogen-bond donors (Lipinski definition) is 0. The maximum atomic E-state index is 2.10. The van der Waals surface area contributed by atoms with Crippen molar-refractivity contribution in [3.8, 4) is 0 Å². The van der Waals surface area contributed by atoms with Crippen LogP contribution in [0.3, 0.4) is 0 Å². The first-order valence-corrected chi connectivity index (χ1v) is 4.60. The first-order chi connectivity index (χ1) is 4.81. The van der Waals surface area contributed by atoms with Crippen molar-refractivity contribution in [3.05, 3.63) is 22.5 Å². The maximum Gasteiger partial charge on any atom is -0.0182 e. The molecule has 0 fully saturated rings. The van der Waals surface area contributed by atoms with Gasteiger partial charge in [-0.25, -0.2) is 0 Å². The van der Waals surface area contributed by atoms with Crippen molar-refractivity contribution < 1.29 is 0 Å². The summed E-state index contributed by atoms with van der Waals surface area (Å²) in [5, 5.41) is 2.08. The molecule has 0 aromatic carbocycles. The normalized spacial score (nSPS) is 11.1. The lowest BCUT2D eigenvalue weighted by Gasteiger charge is -1.88. The van der Waals surface area contributed by atoms with Gasteiger partial charge >= 0.3 is 0 Å². The predicted octanol–water partition coefficient (Wildman–Crippen LogP) is 4.20. The Morgan fingerprint density at radius 1 is 1.20 bits per heavy atom. The van der Waals surface area contributed by atoms with Crippen molar-refractivity contribution in [3.63, 3.8) is 0 Å². The minimum atomic E-state index is 1.35. The molecule has 0 saturated carbocycles. The predicted molar refractivity (Wildman–Crippen MR) is 53.2 cm³/mol.